The highest BCUT2D eigenvalue weighted by Gasteiger charge is 2.07. The summed E-state index contributed by atoms with van der Waals surface area (Å²) in [6.45, 7) is -0.135. The number of ether oxygens (including phenoxy) is 2. The normalized spacial score (nSPS) is 10.1. The van der Waals surface area contributed by atoms with Crippen LogP contribution in [0.15, 0.2) is 48.5 Å². The average molecular weight is 274 g/mol. The minimum atomic E-state index is -0.849. The molecule has 0 aliphatic carbocycles. The van der Waals surface area contributed by atoms with Crippen LogP contribution >= 0.6 is 0 Å². The Kier molecular flexibility index (Phi) is 4.70. The Morgan fingerprint density at radius 3 is 1.40 bits per heavy atom. The molecule has 2 aromatic carbocycles. The minimum absolute atomic E-state index is 0.0675. The van der Waals surface area contributed by atoms with Gasteiger partial charge in [-0.25, -0.2) is 4.79 Å². The molecule has 0 heterocycles. The van der Waals surface area contributed by atoms with Crippen LogP contribution in [0.4, 0.5) is 4.79 Å². The Morgan fingerprint density at radius 2 is 1.10 bits per heavy atom. The van der Waals surface area contributed by atoms with Crippen LogP contribution in [0.2, 0.25) is 0 Å². The van der Waals surface area contributed by atoms with E-state index in [1.54, 1.807) is 48.5 Å². The molecule has 0 bridgehead atoms. The van der Waals surface area contributed by atoms with Crippen molar-refractivity contribution in [2.45, 2.75) is 13.2 Å². The molecule has 0 amide bonds. The van der Waals surface area contributed by atoms with Crippen LogP contribution < -0.4 is 9.47 Å². The summed E-state index contributed by atoms with van der Waals surface area (Å²) in [7, 11) is 0. The van der Waals surface area contributed by atoms with Crippen molar-refractivity contribution in [3.8, 4) is 11.5 Å². The summed E-state index contributed by atoms with van der Waals surface area (Å²) >= 11 is 0. The summed E-state index contributed by atoms with van der Waals surface area (Å²) in [4.78, 5) is 11.5. The molecule has 104 valence electrons. The number of carbonyl (C=O) groups excluding carboxylic acids is 1. The minimum Gasteiger partial charge on any atom is -0.395 e. The van der Waals surface area contributed by atoms with Crippen LogP contribution in [0, 0.1) is 0 Å². The molecule has 0 atom stereocenters. The number of hydrogen-bond donors (Lipinski definition) is 2. The monoisotopic (exact) mass is 274 g/mol. The van der Waals surface area contributed by atoms with Gasteiger partial charge in [0.2, 0.25) is 0 Å². The molecule has 0 saturated carbocycles. The van der Waals surface area contributed by atoms with E-state index in [2.05, 4.69) is 0 Å². The lowest BCUT2D eigenvalue weighted by molar-refractivity contribution is 0.152. The highest BCUT2D eigenvalue weighted by molar-refractivity contribution is 5.67. The van der Waals surface area contributed by atoms with Gasteiger partial charge in [0.1, 0.15) is 11.5 Å². The number of carbonyl (C=O) groups is 1. The maximum Gasteiger partial charge on any atom is 0.519 e. The lowest BCUT2D eigenvalue weighted by atomic mass is 10.2. The van der Waals surface area contributed by atoms with Gasteiger partial charge in [-0.1, -0.05) is 24.3 Å². The third-order valence-electron chi connectivity index (χ3n) is 2.61. The number of hydrogen-bond acceptors (Lipinski definition) is 5. The van der Waals surface area contributed by atoms with E-state index >= 15 is 0 Å². The second-order valence-corrected chi connectivity index (χ2v) is 4.06. The first-order valence-electron chi connectivity index (χ1n) is 6.00. The fraction of sp³-hybridized carbons (Fsp3) is 0.133. The van der Waals surface area contributed by atoms with Gasteiger partial charge in [-0.3, -0.25) is 0 Å². The molecule has 0 radical (unpaired) electrons. The summed E-state index contributed by atoms with van der Waals surface area (Å²) < 4.78 is 9.96. The first-order valence-corrected chi connectivity index (χ1v) is 6.00. The first-order chi connectivity index (χ1) is 9.71. The van der Waals surface area contributed by atoms with E-state index in [1.807, 2.05) is 0 Å². The van der Waals surface area contributed by atoms with Gasteiger partial charge in [0.25, 0.3) is 0 Å². The molecular weight excluding hydrogens is 260 g/mol. The van der Waals surface area contributed by atoms with Crippen molar-refractivity contribution >= 4 is 6.16 Å². The Labute approximate surface area is 116 Å². The lowest BCUT2D eigenvalue weighted by Crippen LogP contribution is -2.13. The second kappa shape index (κ2) is 6.70. The highest BCUT2D eigenvalue weighted by Crippen LogP contribution is 2.16. The SMILES string of the molecule is O=C(Oc1ccc(CO)cc1)Oc1ccc(CO)cc1. The van der Waals surface area contributed by atoms with Crippen LogP contribution in [0.25, 0.3) is 0 Å². The second-order valence-electron chi connectivity index (χ2n) is 4.06. The quantitative estimate of drug-likeness (QED) is 0.660. The first kappa shape index (κ1) is 14.0. The van der Waals surface area contributed by atoms with E-state index in [0.29, 0.717) is 11.5 Å². The van der Waals surface area contributed by atoms with Crippen molar-refractivity contribution in [2.24, 2.45) is 0 Å². The standard InChI is InChI=1S/C15H14O5/c16-9-11-1-5-13(6-2-11)19-15(18)20-14-7-3-12(10-17)4-8-14/h1-8,16-17H,9-10H2. The van der Waals surface area contributed by atoms with Crippen molar-refractivity contribution in [3.05, 3.63) is 59.7 Å². The van der Waals surface area contributed by atoms with Crippen molar-refractivity contribution < 1.29 is 24.5 Å². The molecule has 0 spiro atoms. The van der Waals surface area contributed by atoms with Gasteiger partial charge in [-0.15, -0.1) is 0 Å². The third kappa shape index (κ3) is 3.81. The Balaban J connectivity index is 1.93. The summed E-state index contributed by atoms with van der Waals surface area (Å²) in [6, 6.07) is 12.9. The number of rotatable bonds is 4. The molecule has 0 fully saturated rings. The predicted molar refractivity (Wildman–Crippen MR) is 71.4 cm³/mol. The van der Waals surface area contributed by atoms with E-state index in [0.717, 1.165) is 11.1 Å². The van der Waals surface area contributed by atoms with E-state index in [4.69, 9.17) is 19.7 Å². The van der Waals surface area contributed by atoms with Crippen molar-refractivity contribution in [1.29, 1.82) is 0 Å². The van der Waals surface area contributed by atoms with Gasteiger partial charge in [-0.05, 0) is 35.4 Å². The van der Waals surface area contributed by atoms with Crippen LogP contribution in [0.3, 0.4) is 0 Å². The third-order valence-corrected chi connectivity index (χ3v) is 2.61. The van der Waals surface area contributed by atoms with Crippen molar-refractivity contribution in [3.63, 3.8) is 0 Å². The molecule has 0 aliphatic heterocycles. The lowest BCUT2D eigenvalue weighted by Gasteiger charge is -2.06. The smallest absolute Gasteiger partial charge is 0.395 e. The topological polar surface area (TPSA) is 76.0 Å². The predicted octanol–water partition coefficient (Wildman–Crippen LogP) is 2.25. The molecule has 2 rings (SSSR count). The van der Waals surface area contributed by atoms with E-state index in [1.165, 1.54) is 0 Å². The average Bonchev–Trinajstić information content (AvgIpc) is 2.49. The Hall–Kier alpha value is -2.37. The summed E-state index contributed by atoms with van der Waals surface area (Å²) in [5, 5.41) is 17.8. The van der Waals surface area contributed by atoms with E-state index < -0.39 is 6.16 Å². The molecule has 0 aromatic heterocycles. The zero-order valence-electron chi connectivity index (χ0n) is 10.7. The highest BCUT2D eigenvalue weighted by atomic mass is 16.7. The van der Waals surface area contributed by atoms with E-state index in [-0.39, 0.29) is 13.2 Å². The Bertz CT molecular complexity index is 508. The van der Waals surface area contributed by atoms with Gasteiger partial charge in [0, 0.05) is 0 Å². The molecule has 5 nitrogen and oxygen atoms in total. The largest absolute Gasteiger partial charge is 0.519 e. The van der Waals surface area contributed by atoms with Gasteiger partial charge >= 0.3 is 6.16 Å². The zero-order chi connectivity index (χ0) is 14.4. The number of aliphatic hydroxyl groups excluding tert-OH is 2. The molecule has 2 aromatic rings. The van der Waals surface area contributed by atoms with Crippen molar-refractivity contribution in [1.82, 2.24) is 0 Å². The molecule has 5 heteroatoms. The Morgan fingerprint density at radius 1 is 0.750 bits per heavy atom. The fourth-order valence-corrected chi connectivity index (χ4v) is 1.54. The van der Waals surface area contributed by atoms with Crippen LogP contribution in [-0.2, 0) is 13.2 Å². The number of benzene rings is 2. The van der Waals surface area contributed by atoms with Gasteiger partial charge in [-0.2, -0.15) is 0 Å². The zero-order valence-corrected chi connectivity index (χ0v) is 10.7. The van der Waals surface area contributed by atoms with Crippen LogP contribution in [-0.4, -0.2) is 16.4 Å². The summed E-state index contributed by atoms with van der Waals surface area (Å²) in [6.07, 6.45) is -0.849. The molecule has 20 heavy (non-hydrogen) atoms. The maximum atomic E-state index is 11.5. The molecule has 2 N–H and O–H groups in total. The summed E-state index contributed by atoms with van der Waals surface area (Å²) in [5.41, 5.74) is 1.45. The summed E-state index contributed by atoms with van der Waals surface area (Å²) in [5.74, 6) is 0.665. The van der Waals surface area contributed by atoms with Crippen LogP contribution in [0.1, 0.15) is 11.1 Å². The molecule has 0 saturated heterocycles. The molecule has 0 unspecified atom stereocenters. The molecular formula is C15H14O5. The van der Waals surface area contributed by atoms with Gasteiger partial charge in [0.05, 0.1) is 13.2 Å². The van der Waals surface area contributed by atoms with Gasteiger partial charge < -0.3 is 19.7 Å². The van der Waals surface area contributed by atoms with Gasteiger partial charge in [0.15, 0.2) is 0 Å². The van der Waals surface area contributed by atoms with E-state index in [9.17, 15) is 4.79 Å². The maximum absolute atomic E-state index is 11.5. The number of aliphatic hydroxyl groups is 2. The van der Waals surface area contributed by atoms with Crippen molar-refractivity contribution in [2.75, 3.05) is 0 Å². The van der Waals surface area contributed by atoms with Crippen LogP contribution in [0.5, 0.6) is 11.5 Å². The fourth-order valence-electron chi connectivity index (χ4n) is 1.54. The molecule has 0 aliphatic rings.